The molecule has 2 fully saturated rings. The van der Waals surface area contributed by atoms with Crippen LogP contribution in [-0.2, 0) is 22.7 Å². The Bertz CT molecular complexity index is 723. The van der Waals surface area contributed by atoms with E-state index in [4.69, 9.17) is 0 Å². The zero-order chi connectivity index (χ0) is 18.6. The Morgan fingerprint density at radius 2 is 1.11 bits per heavy atom. The molecule has 4 heteroatoms. The Kier molecular flexibility index (Phi) is 5.23. The maximum Gasteiger partial charge on any atom is 0.224 e. The number of nitrogens with one attached hydrogen (secondary N) is 2. The highest BCUT2D eigenvalue weighted by atomic mass is 16.2. The molecule has 0 heterocycles. The molecule has 27 heavy (non-hydrogen) atoms. The topological polar surface area (TPSA) is 58.2 Å². The van der Waals surface area contributed by atoms with Gasteiger partial charge in [-0.25, -0.2) is 0 Å². The van der Waals surface area contributed by atoms with Crippen LogP contribution in [0.1, 0.15) is 30.4 Å². The first-order chi connectivity index (χ1) is 13.2. The minimum atomic E-state index is -0.191. The molecule has 2 amide bonds. The summed E-state index contributed by atoms with van der Waals surface area (Å²) in [6, 6.07) is 19.8. The van der Waals surface area contributed by atoms with E-state index in [1.807, 2.05) is 60.7 Å². The average molecular weight is 362 g/mol. The lowest BCUT2D eigenvalue weighted by molar-refractivity contribution is -0.137. The van der Waals surface area contributed by atoms with E-state index in [0.717, 1.165) is 30.4 Å². The van der Waals surface area contributed by atoms with Crippen molar-refractivity contribution in [2.45, 2.75) is 32.4 Å². The van der Waals surface area contributed by atoms with Crippen molar-refractivity contribution >= 4 is 11.8 Å². The van der Waals surface area contributed by atoms with E-state index in [0.29, 0.717) is 24.9 Å². The monoisotopic (exact) mass is 362 g/mol. The van der Waals surface area contributed by atoms with Crippen molar-refractivity contribution in [3.63, 3.8) is 0 Å². The minimum absolute atomic E-state index is 0.0333. The summed E-state index contributed by atoms with van der Waals surface area (Å²) in [5.74, 6) is 0.375. The van der Waals surface area contributed by atoms with E-state index < -0.39 is 0 Å². The molecule has 2 N–H and O–H groups in total. The largest absolute Gasteiger partial charge is 0.352 e. The highest BCUT2D eigenvalue weighted by molar-refractivity contribution is 5.89. The maximum absolute atomic E-state index is 12.9. The summed E-state index contributed by atoms with van der Waals surface area (Å²) in [6.07, 6.45) is 3.14. The second-order valence-electron chi connectivity index (χ2n) is 7.79. The molecule has 0 spiro atoms. The first kappa shape index (κ1) is 17.8. The Morgan fingerprint density at radius 3 is 1.52 bits per heavy atom. The van der Waals surface area contributed by atoms with Crippen LogP contribution in [0.25, 0.3) is 0 Å². The van der Waals surface area contributed by atoms with Crippen molar-refractivity contribution in [2.75, 3.05) is 0 Å². The van der Waals surface area contributed by atoms with Gasteiger partial charge in [-0.3, -0.25) is 9.59 Å². The van der Waals surface area contributed by atoms with Crippen molar-refractivity contribution in [1.29, 1.82) is 0 Å². The molecule has 0 unspecified atom stereocenters. The first-order valence-electron chi connectivity index (χ1n) is 9.85. The van der Waals surface area contributed by atoms with Gasteiger partial charge in [-0.1, -0.05) is 60.7 Å². The van der Waals surface area contributed by atoms with Gasteiger partial charge in [0.2, 0.25) is 11.8 Å². The molecule has 2 aromatic carbocycles. The summed E-state index contributed by atoms with van der Waals surface area (Å²) >= 11 is 0. The molecule has 0 saturated heterocycles. The fourth-order valence-corrected chi connectivity index (χ4v) is 4.85. The van der Waals surface area contributed by atoms with Crippen LogP contribution in [0.5, 0.6) is 0 Å². The standard InChI is InChI=1S/C23H26N2O2/c26-22(24-14-16-7-3-1-4-8-16)20-18-11-12-19(13-18)21(20)23(27)25-15-17-9-5-2-6-10-17/h1-10,18-21H,11-15H2,(H,24,26)(H,25,27)/t18-,19-,20-,21-/m0/s1. The van der Waals surface area contributed by atoms with Gasteiger partial charge in [-0.2, -0.15) is 0 Å². The number of benzene rings is 2. The fraction of sp³-hybridized carbons (Fsp3) is 0.391. The zero-order valence-corrected chi connectivity index (χ0v) is 15.4. The van der Waals surface area contributed by atoms with Crippen molar-refractivity contribution < 1.29 is 9.59 Å². The molecule has 2 bridgehead atoms. The molecule has 4 rings (SSSR count). The van der Waals surface area contributed by atoms with Gasteiger partial charge in [-0.15, -0.1) is 0 Å². The minimum Gasteiger partial charge on any atom is -0.352 e. The van der Waals surface area contributed by atoms with Crippen LogP contribution in [0.4, 0.5) is 0 Å². The van der Waals surface area contributed by atoms with Gasteiger partial charge in [0.15, 0.2) is 0 Å². The summed E-state index contributed by atoms with van der Waals surface area (Å²) in [7, 11) is 0. The lowest BCUT2D eigenvalue weighted by atomic mass is 9.78. The van der Waals surface area contributed by atoms with Crippen LogP contribution in [0, 0.1) is 23.7 Å². The Hall–Kier alpha value is -2.62. The summed E-state index contributed by atoms with van der Waals surface area (Å²) in [6.45, 7) is 1.04. The van der Waals surface area contributed by atoms with E-state index in [1.54, 1.807) is 0 Å². The zero-order valence-electron chi connectivity index (χ0n) is 15.4. The molecule has 2 aliphatic rings. The van der Waals surface area contributed by atoms with E-state index in [-0.39, 0.29) is 23.7 Å². The summed E-state index contributed by atoms with van der Waals surface area (Å²) < 4.78 is 0. The molecule has 0 aliphatic heterocycles. The number of carbonyl (C=O) groups is 2. The second kappa shape index (κ2) is 7.95. The smallest absolute Gasteiger partial charge is 0.224 e. The van der Waals surface area contributed by atoms with Gasteiger partial charge in [0.25, 0.3) is 0 Å². The second-order valence-corrected chi connectivity index (χ2v) is 7.79. The number of fused-ring (bicyclic) bond motifs is 2. The van der Waals surface area contributed by atoms with Gasteiger partial charge < -0.3 is 10.6 Å². The van der Waals surface area contributed by atoms with Gasteiger partial charge >= 0.3 is 0 Å². The van der Waals surface area contributed by atoms with Crippen LogP contribution < -0.4 is 10.6 Å². The van der Waals surface area contributed by atoms with E-state index in [1.165, 1.54) is 0 Å². The predicted molar refractivity (Wildman–Crippen MR) is 104 cm³/mol. The molecule has 2 aliphatic carbocycles. The van der Waals surface area contributed by atoms with Crippen LogP contribution >= 0.6 is 0 Å². The number of carbonyl (C=O) groups excluding carboxylic acids is 2. The third-order valence-electron chi connectivity index (χ3n) is 6.14. The van der Waals surface area contributed by atoms with Gasteiger partial charge in [0.05, 0.1) is 11.8 Å². The lowest BCUT2D eigenvalue weighted by Crippen LogP contribution is -2.44. The number of amides is 2. The van der Waals surface area contributed by atoms with E-state index in [9.17, 15) is 9.59 Å². The van der Waals surface area contributed by atoms with Crippen molar-refractivity contribution in [2.24, 2.45) is 23.7 Å². The Morgan fingerprint density at radius 1 is 0.704 bits per heavy atom. The molecular weight excluding hydrogens is 336 g/mol. The number of hydrogen-bond donors (Lipinski definition) is 2. The molecule has 4 atom stereocenters. The fourth-order valence-electron chi connectivity index (χ4n) is 4.85. The predicted octanol–water partition coefficient (Wildman–Crippen LogP) is 3.28. The van der Waals surface area contributed by atoms with E-state index >= 15 is 0 Å². The normalized spacial score (nSPS) is 25.9. The van der Waals surface area contributed by atoms with Gasteiger partial charge in [0.1, 0.15) is 0 Å². The van der Waals surface area contributed by atoms with Crippen molar-refractivity contribution in [3.05, 3.63) is 71.8 Å². The maximum atomic E-state index is 12.9. The molecule has 4 nitrogen and oxygen atoms in total. The molecule has 0 radical (unpaired) electrons. The molecule has 0 aromatic heterocycles. The average Bonchev–Trinajstić information content (AvgIpc) is 3.33. The SMILES string of the molecule is O=C(NCc1ccccc1)[C@H]1[C@H]2CC[C@@H](C2)[C@@H]1C(=O)NCc1ccccc1. The number of rotatable bonds is 6. The molecular formula is C23H26N2O2. The Balaban J connectivity index is 1.39. The van der Waals surface area contributed by atoms with Crippen molar-refractivity contribution in [3.8, 4) is 0 Å². The summed E-state index contributed by atoms with van der Waals surface area (Å²) in [5, 5.41) is 6.13. The van der Waals surface area contributed by atoms with Gasteiger partial charge in [0, 0.05) is 13.1 Å². The molecule has 140 valence electrons. The van der Waals surface area contributed by atoms with Crippen LogP contribution in [0.3, 0.4) is 0 Å². The summed E-state index contributed by atoms with van der Waals surface area (Å²) in [5.41, 5.74) is 2.16. The van der Waals surface area contributed by atoms with Crippen molar-refractivity contribution in [1.82, 2.24) is 10.6 Å². The molecule has 2 aromatic rings. The molecule has 2 saturated carbocycles. The van der Waals surface area contributed by atoms with Gasteiger partial charge in [-0.05, 0) is 42.2 Å². The highest BCUT2D eigenvalue weighted by Gasteiger charge is 2.53. The quantitative estimate of drug-likeness (QED) is 0.828. The summed E-state index contributed by atoms with van der Waals surface area (Å²) in [4.78, 5) is 25.8. The van der Waals surface area contributed by atoms with E-state index in [2.05, 4.69) is 10.6 Å². The third kappa shape index (κ3) is 3.90. The third-order valence-corrected chi connectivity index (χ3v) is 6.14. The number of hydrogen-bond acceptors (Lipinski definition) is 2. The first-order valence-corrected chi connectivity index (χ1v) is 9.85. The van der Waals surface area contributed by atoms with Crippen LogP contribution in [-0.4, -0.2) is 11.8 Å². The van der Waals surface area contributed by atoms with Crippen LogP contribution in [0.15, 0.2) is 60.7 Å². The Labute approximate surface area is 160 Å². The highest BCUT2D eigenvalue weighted by Crippen LogP contribution is 2.52. The van der Waals surface area contributed by atoms with Crippen LogP contribution in [0.2, 0.25) is 0 Å². The lowest BCUT2D eigenvalue weighted by Gasteiger charge is -2.29.